The van der Waals surface area contributed by atoms with Gasteiger partial charge in [-0.1, -0.05) is 66.7 Å². The van der Waals surface area contributed by atoms with E-state index in [1.54, 1.807) is 0 Å². The van der Waals surface area contributed by atoms with E-state index in [0.29, 0.717) is 12.1 Å². The minimum atomic E-state index is -0.833. The number of hydrogen-bond donors (Lipinski definition) is 1. The Kier molecular flexibility index (Phi) is 9.83. The van der Waals surface area contributed by atoms with Gasteiger partial charge < -0.3 is 9.67 Å². The highest BCUT2D eigenvalue weighted by Crippen LogP contribution is 2.30. The third kappa shape index (κ3) is 7.28. The molecule has 0 aliphatic carbocycles. The Morgan fingerprint density at radius 2 is 1.42 bits per heavy atom. The molecule has 4 rings (SSSR count). The van der Waals surface area contributed by atoms with Gasteiger partial charge in [0.25, 0.3) is 5.97 Å². The van der Waals surface area contributed by atoms with Crippen molar-refractivity contribution in [2.24, 2.45) is 0 Å². The number of hydrogen-bond acceptors (Lipinski definition) is 3. The molecule has 36 heavy (non-hydrogen) atoms. The third-order valence-corrected chi connectivity index (χ3v) is 6.36. The number of aryl methyl sites for hydroxylation is 1. The van der Waals surface area contributed by atoms with Crippen LogP contribution in [0.2, 0.25) is 0 Å². The van der Waals surface area contributed by atoms with E-state index in [1.165, 1.54) is 22.2 Å². The molecule has 0 saturated carbocycles. The van der Waals surface area contributed by atoms with Gasteiger partial charge in [-0.3, -0.25) is 9.69 Å². The van der Waals surface area contributed by atoms with Gasteiger partial charge in [0, 0.05) is 19.0 Å². The lowest BCUT2D eigenvalue weighted by molar-refractivity contribution is -0.134. The molecule has 0 saturated heterocycles. The molecule has 0 spiro atoms. The Hall–Kier alpha value is -3.44. The highest BCUT2D eigenvalue weighted by Gasteiger charge is 2.19. The molecule has 5 nitrogen and oxygen atoms in total. The van der Waals surface area contributed by atoms with Crippen molar-refractivity contribution in [3.8, 4) is 0 Å². The molecule has 0 unspecified atom stereocenters. The summed E-state index contributed by atoms with van der Waals surface area (Å²) >= 11 is 0. The van der Waals surface area contributed by atoms with Crippen LogP contribution in [0.3, 0.4) is 0 Å². The Balaban J connectivity index is 0.000000840. The number of fused-ring (bicyclic) bond motifs is 1. The fourth-order valence-electron chi connectivity index (χ4n) is 4.80. The van der Waals surface area contributed by atoms with E-state index in [-0.39, 0.29) is 6.04 Å². The van der Waals surface area contributed by atoms with Crippen molar-refractivity contribution < 1.29 is 9.90 Å². The fourth-order valence-corrected chi connectivity index (χ4v) is 4.80. The summed E-state index contributed by atoms with van der Waals surface area (Å²) in [5.74, 6) is -0.833. The average molecular weight is 486 g/mol. The SMILES string of the molecule is CC(=O)O.CC(C)N(CCCc1ccc2ncn(C(c3ccccc3)c3ccccc3)c2c1)C(C)C. The van der Waals surface area contributed by atoms with Gasteiger partial charge in [-0.05, 0) is 75.9 Å². The molecule has 1 N–H and O–H groups in total. The summed E-state index contributed by atoms with van der Waals surface area (Å²) in [4.78, 5) is 16.3. The second kappa shape index (κ2) is 13.0. The number of aliphatic carboxylic acids is 1. The van der Waals surface area contributed by atoms with Gasteiger partial charge in [-0.15, -0.1) is 0 Å². The van der Waals surface area contributed by atoms with Gasteiger partial charge in [-0.2, -0.15) is 0 Å². The van der Waals surface area contributed by atoms with Crippen LogP contribution in [-0.2, 0) is 11.2 Å². The number of rotatable bonds is 9. The Morgan fingerprint density at radius 3 is 1.92 bits per heavy atom. The van der Waals surface area contributed by atoms with Crippen molar-refractivity contribution in [3.63, 3.8) is 0 Å². The van der Waals surface area contributed by atoms with E-state index in [2.05, 4.69) is 116 Å². The summed E-state index contributed by atoms with van der Waals surface area (Å²) < 4.78 is 2.33. The second-order valence-electron chi connectivity index (χ2n) is 9.75. The number of nitrogens with zero attached hydrogens (tertiary/aromatic N) is 3. The Labute approximate surface area is 215 Å². The number of benzene rings is 3. The van der Waals surface area contributed by atoms with Crippen molar-refractivity contribution in [1.82, 2.24) is 14.5 Å². The fraction of sp³-hybridized carbons (Fsp3) is 0.355. The van der Waals surface area contributed by atoms with Crippen molar-refractivity contribution >= 4 is 17.0 Å². The summed E-state index contributed by atoms with van der Waals surface area (Å²) in [6, 6.07) is 29.5. The van der Waals surface area contributed by atoms with Crippen LogP contribution >= 0.6 is 0 Å². The summed E-state index contributed by atoms with van der Waals surface area (Å²) in [7, 11) is 0. The molecule has 0 bridgehead atoms. The van der Waals surface area contributed by atoms with Crippen LogP contribution < -0.4 is 0 Å². The predicted molar refractivity (Wildman–Crippen MR) is 148 cm³/mol. The van der Waals surface area contributed by atoms with E-state index in [9.17, 15) is 0 Å². The molecule has 0 fully saturated rings. The van der Waals surface area contributed by atoms with Crippen LogP contribution in [0.1, 0.15) is 63.8 Å². The normalized spacial score (nSPS) is 11.4. The maximum absolute atomic E-state index is 9.00. The molecular formula is C31H39N3O2. The standard InChI is InChI=1S/C29H35N3.C2H4O2/c1-22(2)31(23(3)4)19-11-12-24-17-18-27-28(20-24)32(21-30-27)29(25-13-7-5-8-14-25)26-15-9-6-10-16-26;1-2(3)4/h5-10,13-18,20-23,29H,11-12,19H2,1-4H3;1H3,(H,3,4). The van der Waals surface area contributed by atoms with E-state index >= 15 is 0 Å². The van der Waals surface area contributed by atoms with Gasteiger partial charge in [0.1, 0.15) is 0 Å². The molecule has 190 valence electrons. The van der Waals surface area contributed by atoms with Crippen molar-refractivity contribution in [3.05, 3.63) is 102 Å². The predicted octanol–water partition coefficient (Wildman–Crippen LogP) is 6.82. The zero-order chi connectivity index (χ0) is 26.1. The van der Waals surface area contributed by atoms with Gasteiger partial charge in [0.05, 0.1) is 23.4 Å². The highest BCUT2D eigenvalue weighted by molar-refractivity contribution is 5.76. The van der Waals surface area contributed by atoms with Crippen LogP contribution in [0, 0.1) is 0 Å². The van der Waals surface area contributed by atoms with Crippen LogP contribution in [-0.4, -0.2) is 44.2 Å². The number of aromatic nitrogens is 2. The zero-order valence-electron chi connectivity index (χ0n) is 22.1. The highest BCUT2D eigenvalue weighted by atomic mass is 16.4. The first kappa shape index (κ1) is 27.2. The van der Waals surface area contributed by atoms with E-state index in [0.717, 1.165) is 31.8 Å². The molecule has 0 aliphatic heterocycles. The first-order valence-electron chi connectivity index (χ1n) is 12.8. The van der Waals surface area contributed by atoms with Crippen LogP contribution in [0.15, 0.2) is 85.2 Å². The lowest BCUT2D eigenvalue weighted by Crippen LogP contribution is -2.37. The molecule has 3 aromatic carbocycles. The maximum atomic E-state index is 9.00. The third-order valence-electron chi connectivity index (χ3n) is 6.36. The Morgan fingerprint density at radius 1 is 0.889 bits per heavy atom. The van der Waals surface area contributed by atoms with E-state index in [4.69, 9.17) is 14.9 Å². The first-order chi connectivity index (χ1) is 17.3. The maximum Gasteiger partial charge on any atom is 0.300 e. The summed E-state index contributed by atoms with van der Waals surface area (Å²) in [6.07, 6.45) is 4.24. The molecule has 1 heterocycles. The quantitative estimate of drug-likeness (QED) is 0.283. The van der Waals surface area contributed by atoms with Gasteiger partial charge in [0.15, 0.2) is 0 Å². The van der Waals surface area contributed by atoms with E-state index in [1.807, 2.05) is 6.33 Å². The van der Waals surface area contributed by atoms with Crippen molar-refractivity contribution in [2.45, 2.75) is 65.6 Å². The lowest BCUT2D eigenvalue weighted by atomic mass is 9.98. The van der Waals surface area contributed by atoms with Gasteiger partial charge in [0.2, 0.25) is 0 Å². The number of imidazole rings is 1. The van der Waals surface area contributed by atoms with Crippen molar-refractivity contribution in [2.75, 3.05) is 6.54 Å². The summed E-state index contributed by atoms with van der Waals surface area (Å²) in [5.41, 5.74) is 6.17. The molecule has 1 aromatic heterocycles. The molecule has 5 heteroatoms. The summed E-state index contributed by atoms with van der Waals surface area (Å²) in [6.45, 7) is 11.4. The minimum Gasteiger partial charge on any atom is -0.481 e. The van der Waals surface area contributed by atoms with Crippen LogP contribution in [0.25, 0.3) is 11.0 Å². The van der Waals surface area contributed by atoms with Crippen molar-refractivity contribution in [1.29, 1.82) is 0 Å². The lowest BCUT2D eigenvalue weighted by Gasteiger charge is -2.30. The molecule has 4 aromatic rings. The topological polar surface area (TPSA) is 58.4 Å². The molecule has 0 aliphatic rings. The Bertz CT molecular complexity index is 1170. The van der Waals surface area contributed by atoms with Crippen LogP contribution in [0.5, 0.6) is 0 Å². The molecular weight excluding hydrogens is 446 g/mol. The largest absolute Gasteiger partial charge is 0.481 e. The van der Waals surface area contributed by atoms with E-state index < -0.39 is 5.97 Å². The monoisotopic (exact) mass is 485 g/mol. The summed E-state index contributed by atoms with van der Waals surface area (Å²) in [5, 5.41) is 7.42. The number of carbonyl (C=O) groups is 1. The molecule has 0 atom stereocenters. The molecule has 0 amide bonds. The van der Waals surface area contributed by atoms with Gasteiger partial charge >= 0.3 is 0 Å². The smallest absolute Gasteiger partial charge is 0.300 e. The van der Waals surface area contributed by atoms with Gasteiger partial charge in [-0.25, -0.2) is 4.98 Å². The average Bonchev–Trinajstić information content (AvgIpc) is 3.25. The van der Waals surface area contributed by atoms with Crippen LogP contribution in [0.4, 0.5) is 0 Å². The first-order valence-corrected chi connectivity index (χ1v) is 12.8. The number of carboxylic acids is 1. The minimum absolute atomic E-state index is 0.107. The second-order valence-corrected chi connectivity index (χ2v) is 9.75. The number of carboxylic acid groups (broad SMARTS) is 1. The zero-order valence-corrected chi connectivity index (χ0v) is 22.1. The molecule has 0 radical (unpaired) electrons.